The van der Waals surface area contributed by atoms with E-state index in [4.69, 9.17) is 4.74 Å². The van der Waals surface area contributed by atoms with Gasteiger partial charge >= 0.3 is 21.7 Å². The molecule has 1 aliphatic rings. The van der Waals surface area contributed by atoms with Crippen LogP contribution in [-0.4, -0.2) is 42.6 Å². The van der Waals surface area contributed by atoms with Crippen LogP contribution in [0.25, 0.3) is 0 Å². The van der Waals surface area contributed by atoms with Gasteiger partial charge in [-0.05, 0) is 47.1 Å². The molecule has 134 valence electrons. The van der Waals surface area contributed by atoms with Crippen molar-refractivity contribution in [3.8, 4) is 0 Å². The number of halogens is 3. The molecular formula is C13H20F3NO5S. The Kier molecular flexibility index (Phi) is 5.01. The molecule has 0 radical (unpaired) electrons. The summed E-state index contributed by atoms with van der Waals surface area (Å²) in [5.41, 5.74) is -7.08. The van der Waals surface area contributed by atoms with Crippen molar-refractivity contribution in [3.63, 3.8) is 0 Å². The molecule has 0 saturated carbocycles. The van der Waals surface area contributed by atoms with E-state index in [1.54, 1.807) is 34.6 Å². The molecule has 0 fully saturated rings. The Morgan fingerprint density at radius 1 is 1.26 bits per heavy atom. The van der Waals surface area contributed by atoms with Crippen molar-refractivity contribution >= 4 is 16.2 Å². The van der Waals surface area contributed by atoms with Gasteiger partial charge in [0, 0.05) is 5.54 Å². The Hall–Kier alpha value is -1.45. The predicted octanol–water partition coefficient (Wildman–Crippen LogP) is 3.16. The minimum absolute atomic E-state index is 0.120. The molecule has 1 rings (SSSR count). The average Bonchev–Trinajstić information content (AvgIpc) is 2.27. The Morgan fingerprint density at radius 2 is 1.78 bits per heavy atom. The topological polar surface area (TPSA) is 72.9 Å². The van der Waals surface area contributed by atoms with Gasteiger partial charge in [0.25, 0.3) is 0 Å². The van der Waals surface area contributed by atoms with Gasteiger partial charge in [-0.3, -0.25) is 4.90 Å². The van der Waals surface area contributed by atoms with Gasteiger partial charge < -0.3 is 8.92 Å². The number of carbonyl (C=O) groups is 1. The van der Waals surface area contributed by atoms with Crippen molar-refractivity contribution in [1.29, 1.82) is 0 Å². The third kappa shape index (κ3) is 5.02. The predicted molar refractivity (Wildman–Crippen MR) is 75.8 cm³/mol. The zero-order valence-electron chi connectivity index (χ0n) is 13.5. The van der Waals surface area contributed by atoms with Crippen LogP contribution in [-0.2, 0) is 19.0 Å². The van der Waals surface area contributed by atoms with E-state index in [1.165, 1.54) is 6.08 Å². The van der Waals surface area contributed by atoms with Crippen LogP contribution >= 0.6 is 0 Å². The first-order chi connectivity index (χ1) is 10.1. The molecule has 0 aliphatic carbocycles. The quantitative estimate of drug-likeness (QED) is 0.559. The summed E-state index contributed by atoms with van der Waals surface area (Å²) in [6, 6.07) is 0. The second-order valence-electron chi connectivity index (χ2n) is 6.74. The average molecular weight is 359 g/mol. The Labute approximate surface area is 133 Å². The van der Waals surface area contributed by atoms with Gasteiger partial charge in [-0.1, -0.05) is 0 Å². The molecule has 1 heterocycles. The van der Waals surface area contributed by atoms with E-state index in [9.17, 15) is 26.4 Å². The van der Waals surface area contributed by atoms with Crippen LogP contribution in [0.1, 0.15) is 41.0 Å². The Bertz CT molecular complexity index is 602. The van der Waals surface area contributed by atoms with Gasteiger partial charge in [-0.2, -0.15) is 21.6 Å². The zero-order chi connectivity index (χ0) is 18.3. The second kappa shape index (κ2) is 5.88. The van der Waals surface area contributed by atoms with E-state index in [2.05, 4.69) is 4.18 Å². The highest BCUT2D eigenvalue weighted by atomic mass is 32.2. The second-order valence-corrected chi connectivity index (χ2v) is 8.27. The lowest BCUT2D eigenvalue weighted by molar-refractivity contribution is -0.0530. The van der Waals surface area contributed by atoms with Crippen molar-refractivity contribution in [3.05, 3.63) is 11.8 Å². The minimum Gasteiger partial charge on any atom is -0.444 e. The highest BCUT2D eigenvalue weighted by Gasteiger charge is 2.49. The van der Waals surface area contributed by atoms with E-state index in [0.717, 1.165) is 4.90 Å². The summed E-state index contributed by atoms with van der Waals surface area (Å²) in [4.78, 5) is 13.3. The fraction of sp³-hybridized carbons (Fsp3) is 0.769. The number of rotatable bonds is 2. The SMILES string of the molecule is CC(C)(C)OC(=O)N1CC(OS(=O)(=O)C(F)(F)F)=CCC1(C)C. The highest BCUT2D eigenvalue weighted by Crippen LogP contribution is 2.32. The monoisotopic (exact) mass is 359 g/mol. The largest absolute Gasteiger partial charge is 0.534 e. The van der Waals surface area contributed by atoms with E-state index in [-0.39, 0.29) is 6.42 Å². The van der Waals surface area contributed by atoms with Crippen LogP contribution < -0.4 is 0 Å². The lowest BCUT2D eigenvalue weighted by atomic mass is 9.94. The van der Waals surface area contributed by atoms with Gasteiger partial charge in [-0.25, -0.2) is 4.79 Å². The maximum absolute atomic E-state index is 12.4. The van der Waals surface area contributed by atoms with E-state index >= 15 is 0 Å². The summed E-state index contributed by atoms with van der Waals surface area (Å²) in [6.07, 6.45) is 0.583. The summed E-state index contributed by atoms with van der Waals surface area (Å²) in [7, 11) is -5.77. The van der Waals surface area contributed by atoms with Gasteiger partial charge in [-0.15, -0.1) is 0 Å². The van der Waals surface area contributed by atoms with Gasteiger partial charge in [0.1, 0.15) is 11.4 Å². The first-order valence-electron chi connectivity index (χ1n) is 6.76. The molecule has 0 unspecified atom stereocenters. The Balaban J connectivity index is 2.98. The standard InChI is InChI=1S/C13H20F3NO5S/c1-11(2,3)21-10(18)17-8-9(6-7-12(17,4)5)22-23(19,20)13(14,15)16/h6H,7-8H2,1-5H3. The number of hydrogen-bond acceptors (Lipinski definition) is 5. The maximum atomic E-state index is 12.4. The van der Waals surface area contributed by atoms with Gasteiger partial charge in [0.05, 0.1) is 6.54 Å². The van der Waals surface area contributed by atoms with Crippen molar-refractivity contribution in [2.45, 2.75) is 57.7 Å². The first-order valence-corrected chi connectivity index (χ1v) is 8.16. The number of alkyl halides is 3. The lowest BCUT2D eigenvalue weighted by Crippen LogP contribution is -2.52. The maximum Gasteiger partial charge on any atom is 0.534 e. The molecule has 1 aliphatic heterocycles. The summed E-state index contributed by atoms with van der Waals surface area (Å²) in [5, 5.41) is 0. The molecule has 23 heavy (non-hydrogen) atoms. The molecule has 0 saturated heterocycles. The summed E-state index contributed by atoms with van der Waals surface area (Å²) >= 11 is 0. The fourth-order valence-electron chi connectivity index (χ4n) is 1.79. The van der Waals surface area contributed by atoms with Crippen LogP contribution in [0.3, 0.4) is 0 Å². The summed E-state index contributed by atoms with van der Waals surface area (Å²) < 4.78 is 68.5. The molecule has 0 aromatic rings. The van der Waals surface area contributed by atoms with Crippen molar-refractivity contribution in [1.82, 2.24) is 4.90 Å². The fourth-order valence-corrected chi connectivity index (χ4v) is 2.28. The van der Waals surface area contributed by atoms with Crippen LogP contribution in [0.2, 0.25) is 0 Å². The van der Waals surface area contributed by atoms with Gasteiger partial charge in [0.15, 0.2) is 0 Å². The molecule has 0 atom stereocenters. The molecule has 0 N–H and O–H groups in total. The molecule has 10 heteroatoms. The molecule has 0 aromatic heterocycles. The number of hydrogen-bond donors (Lipinski definition) is 0. The normalized spacial score (nSPS) is 19.1. The third-order valence-corrected chi connectivity index (χ3v) is 3.99. The highest BCUT2D eigenvalue weighted by molar-refractivity contribution is 7.87. The Morgan fingerprint density at radius 3 is 2.22 bits per heavy atom. The molecule has 0 spiro atoms. The number of ether oxygens (including phenoxy) is 1. The van der Waals surface area contributed by atoms with Crippen LogP contribution in [0.5, 0.6) is 0 Å². The molecule has 0 aromatic carbocycles. The van der Waals surface area contributed by atoms with E-state index in [1.807, 2.05) is 0 Å². The van der Waals surface area contributed by atoms with Crippen molar-refractivity contribution in [2.75, 3.05) is 6.54 Å². The number of amides is 1. The van der Waals surface area contributed by atoms with E-state index < -0.39 is 45.2 Å². The van der Waals surface area contributed by atoms with Gasteiger partial charge in [0.2, 0.25) is 0 Å². The van der Waals surface area contributed by atoms with Crippen LogP contribution in [0, 0.1) is 0 Å². The first kappa shape index (κ1) is 19.6. The molecule has 0 bridgehead atoms. The molecule has 6 nitrogen and oxygen atoms in total. The van der Waals surface area contributed by atoms with Crippen LogP contribution in [0.15, 0.2) is 11.8 Å². The van der Waals surface area contributed by atoms with E-state index in [0.29, 0.717) is 0 Å². The number of carbonyl (C=O) groups excluding carboxylic acids is 1. The summed E-state index contributed by atoms with van der Waals surface area (Å²) in [6.45, 7) is 7.86. The minimum atomic E-state index is -5.77. The van der Waals surface area contributed by atoms with Crippen molar-refractivity contribution < 1.29 is 35.3 Å². The van der Waals surface area contributed by atoms with Crippen molar-refractivity contribution in [2.24, 2.45) is 0 Å². The molecular weight excluding hydrogens is 339 g/mol. The lowest BCUT2D eigenvalue weighted by Gasteiger charge is -2.41. The van der Waals surface area contributed by atoms with Crippen LogP contribution in [0.4, 0.5) is 18.0 Å². The third-order valence-electron chi connectivity index (χ3n) is 2.99. The zero-order valence-corrected chi connectivity index (χ0v) is 14.3. The smallest absolute Gasteiger partial charge is 0.444 e. The number of nitrogens with zero attached hydrogens (tertiary/aromatic N) is 1. The molecule has 1 amide bonds. The summed E-state index contributed by atoms with van der Waals surface area (Å²) in [5.74, 6) is -0.465.